The third-order valence-electron chi connectivity index (χ3n) is 2.60. The zero-order valence-corrected chi connectivity index (χ0v) is 10.2. The van der Waals surface area contributed by atoms with Crippen molar-refractivity contribution in [3.63, 3.8) is 0 Å². The van der Waals surface area contributed by atoms with Gasteiger partial charge in [0.1, 0.15) is 5.76 Å². The van der Waals surface area contributed by atoms with E-state index in [0.717, 1.165) is 5.56 Å². The normalized spacial score (nSPS) is 12.5. The van der Waals surface area contributed by atoms with E-state index in [4.69, 9.17) is 4.42 Å². The number of rotatable bonds is 4. The van der Waals surface area contributed by atoms with E-state index in [1.807, 2.05) is 37.3 Å². The number of carbonyl (C=O) groups is 1. The average molecular weight is 241 g/mol. The maximum absolute atomic E-state index is 11.7. The third kappa shape index (κ3) is 3.35. The molecule has 0 radical (unpaired) electrons. The van der Waals surface area contributed by atoms with Crippen LogP contribution < -0.4 is 5.32 Å². The van der Waals surface area contributed by atoms with Gasteiger partial charge in [0.15, 0.2) is 0 Å². The quantitative estimate of drug-likeness (QED) is 0.835. The molecular weight excluding hydrogens is 226 g/mol. The van der Waals surface area contributed by atoms with E-state index in [-0.39, 0.29) is 11.9 Å². The van der Waals surface area contributed by atoms with Crippen LogP contribution in [-0.4, -0.2) is 5.91 Å². The molecule has 3 heteroatoms. The van der Waals surface area contributed by atoms with Crippen LogP contribution in [0.25, 0.3) is 6.08 Å². The Bertz CT molecular complexity index is 515. The first-order valence-electron chi connectivity index (χ1n) is 5.83. The predicted molar refractivity (Wildman–Crippen MR) is 70.7 cm³/mol. The molecule has 1 amide bonds. The Balaban J connectivity index is 1.92. The summed E-state index contributed by atoms with van der Waals surface area (Å²) in [6.07, 6.45) is 4.69. The Labute approximate surface area is 106 Å². The van der Waals surface area contributed by atoms with Crippen LogP contribution in [-0.2, 0) is 4.79 Å². The van der Waals surface area contributed by atoms with Crippen molar-refractivity contribution in [2.75, 3.05) is 0 Å². The van der Waals surface area contributed by atoms with Crippen LogP contribution >= 0.6 is 0 Å². The molecule has 0 saturated heterocycles. The first-order chi connectivity index (χ1) is 8.75. The standard InChI is InChI=1S/C15H15NO2/c1-12(13-6-3-2-4-7-13)16-15(17)10-9-14-8-5-11-18-14/h2-12H,1H3,(H,16,17)/b10-9+. The summed E-state index contributed by atoms with van der Waals surface area (Å²) in [5.74, 6) is 0.528. The highest BCUT2D eigenvalue weighted by Gasteiger charge is 2.06. The molecule has 0 spiro atoms. The molecule has 1 aromatic heterocycles. The molecule has 0 bridgehead atoms. The summed E-state index contributed by atoms with van der Waals surface area (Å²) in [7, 11) is 0. The van der Waals surface area contributed by atoms with Gasteiger partial charge < -0.3 is 9.73 Å². The SMILES string of the molecule is CC(NC(=O)/C=C/c1ccco1)c1ccccc1. The summed E-state index contributed by atoms with van der Waals surface area (Å²) in [6.45, 7) is 1.95. The van der Waals surface area contributed by atoms with Gasteiger partial charge in [-0.15, -0.1) is 0 Å². The van der Waals surface area contributed by atoms with Gasteiger partial charge in [-0.2, -0.15) is 0 Å². The molecule has 18 heavy (non-hydrogen) atoms. The summed E-state index contributed by atoms with van der Waals surface area (Å²) in [5, 5.41) is 2.89. The number of nitrogens with one attached hydrogen (secondary N) is 1. The Morgan fingerprint density at radius 1 is 1.22 bits per heavy atom. The van der Waals surface area contributed by atoms with Crippen molar-refractivity contribution in [2.24, 2.45) is 0 Å². The Hall–Kier alpha value is -2.29. The number of amides is 1. The van der Waals surface area contributed by atoms with E-state index in [9.17, 15) is 4.79 Å². The first kappa shape index (κ1) is 12.2. The minimum Gasteiger partial charge on any atom is -0.465 e. The van der Waals surface area contributed by atoms with Crippen molar-refractivity contribution in [2.45, 2.75) is 13.0 Å². The number of furan rings is 1. The van der Waals surface area contributed by atoms with Crippen molar-refractivity contribution >= 4 is 12.0 Å². The second-order valence-electron chi connectivity index (χ2n) is 3.99. The highest BCUT2D eigenvalue weighted by atomic mass is 16.3. The highest BCUT2D eigenvalue weighted by Crippen LogP contribution is 2.11. The molecule has 0 fully saturated rings. The molecular formula is C15H15NO2. The monoisotopic (exact) mass is 241 g/mol. The fourth-order valence-electron chi connectivity index (χ4n) is 1.63. The molecule has 0 aliphatic rings. The molecule has 1 N–H and O–H groups in total. The van der Waals surface area contributed by atoms with Crippen molar-refractivity contribution in [3.05, 3.63) is 66.1 Å². The summed E-state index contributed by atoms with van der Waals surface area (Å²) < 4.78 is 5.11. The molecule has 3 nitrogen and oxygen atoms in total. The Morgan fingerprint density at radius 2 is 2.00 bits per heavy atom. The number of carbonyl (C=O) groups excluding carboxylic acids is 1. The highest BCUT2D eigenvalue weighted by molar-refractivity contribution is 5.91. The van der Waals surface area contributed by atoms with E-state index in [0.29, 0.717) is 5.76 Å². The zero-order valence-electron chi connectivity index (χ0n) is 10.2. The van der Waals surface area contributed by atoms with Crippen molar-refractivity contribution in [1.29, 1.82) is 0 Å². The van der Waals surface area contributed by atoms with E-state index < -0.39 is 0 Å². The molecule has 0 saturated carbocycles. The molecule has 0 aliphatic carbocycles. The predicted octanol–water partition coefficient (Wildman–Crippen LogP) is 3.17. The van der Waals surface area contributed by atoms with Gasteiger partial charge in [-0.3, -0.25) is 4.79 Å². The number of hydrogen-bond acceptors (Lipinski definition) is 2. The van der Waals surface area contributed by atoms with Gasteiger partial charge in [0, 0.05) is 6.08 Å². The Morgan fingerprint density at radius 3 is 2.67 bits per heavy atom. The molecule has 1 atom stereocenters. The van der Waals surface area contributed by atoms with E-state index >= 15 is 0 Å². The Kier molecular flexibility index (Phi) is 3.97. The molecule has 2 aromatic rings. The van der Waals surface area contributed by atoms with Crippen molar-refractivity contribution < 1.29 is 9.21 Å². The first-order valence-corrected chi connectivity index (χ1v) is 5.83. The van der Waals surface area contributed by atoms with Crippen molar-refractivity contribution in [1.82, 2.24) is 5.32 Å². The molecule has 1 heterocycles. The van der Waals surface area contributed by atoms with Crippen LogP contribution in [0.5, 0.6) is 0 Å². The molecule has 2 rings (SSSR count). The zero-order chi connectivity index (χ0) is 12.8. The van der Waals surface area contributed by atoms with Gasteiger partial charge in [0.25, 0.3) is 0 Å². The maximum Gasteiger partial charge on any atom is 0.244 e. The second-order valence-corrected chi connectivity index (χ2v) is 3.99. The molecule has 1 unspecified atom stereocenters. The van der Waals surface area contributed by atoms with Crippen molar-refractivity contribution in [3.8, 4) is 0 Å². The summed E-state index contributed by atoms with van der Waals surface area (Å²) >= 11 is 0. The molecule has 1 aromatic carbocycles. The van der Waals surface area contributed by atoms with Crippen LogP contribution in [0.1, 0.15) is 24.3 Å². The minimum atomic E-state index is -0.136. The fourth-order valence-corrected chi connectivity index (χ4v) is 1.63. The van der Waals surface area contributed by atoms with Gasteiger partial charge in [0.2, 0.25) is 5.91 Å². The van der Waals surface area contributed by atoms with Crippen LogP contribution in [0.15, 0.2) is 59.2 Å². The van der Waals surface area contributed by atoms with Gasteiger partial charge in [-0.1, -0.05) is 30.3 Å². The lowest BCUT2D eigenvalue weighted by molar-refractivity contribution is -0.117. The lowest BCUT2D eigenvalue weighted by Crippen LogP contribution is -2.24. The second kappa shape index (κ2) is 5.87. The smallest absolute Gasteiger partial charge is 0.244 e. The van der Waals surface area contributed by atoms with E-state index in [1.165, 1.54) is 6.08 Å². The van der Waals surface area contributed by atoms with E-state index in [2.05, 4.69) is 5.32 Å². The summed E-state index contributed by atoms with van der Waals surface area (Å²) in [5.41, 5.74) is 1.08. The van der Waals surface area contributed by atoms with Gasteiger partial charge in [-0.25, -0.2) is 0 Å². The van der Waals surface area contributed by atoms with Gasteiger partial charge >= 0.3 is 0 Å². The fraction of sp³-hybridized carbons (Fsp3) is 0.133. The summed E-state index contributed by atoms with van der Waals surface area (Å²) in [4.78, 5) is 11.7. The number of benzene rings is 1. The lowest BCUT2D eigenvalue weighted by Gasteiger charge is -2.12. The van der Waals surface area contributed by atoms with Crippen LogP contribution in [0.3, 0.4) is 0 Å². The summed E-state index contributed by atoms with van der Waals surface area (Å²) in [6, 6.07) is 13.4. The van der Waals surface area contributed by atoms with Crippen LogP contribution in [0.2, 0.25) is 0 Å². The topological polar surface area (TPSA) is 42.2 Å². The van der Waals surface area contributed by atoms with Gasteiger partial charge in [0.05, 0.1) is 12.3 Å². The van der Waals surface area contributed by atoms with E-state index in [1.54, 1.807) is 24.5 Å². The lowest BCUT2D eigenvalue weighted by atomic mass is 10.1. The van der Waals surface area contributed by atoms with Crippen LogP contribution in [0, 0.1) is 0 Å². The van der Waals surface area contributed by atoms with Gasteiger partial charge in [-0.05, 0) is 30.7 Å². The molecule has 92 valence electrons. The third-order valence-corrected chi connectivity index (χ3v) is 2.60. The average Bonchev–Trinajstić information content (AvgIpc) is 2.90. The maximum atomic E-state index is 11.7. The molecule has 0 aliphatic heterocycles. The largest absolute Gasteiger partial charge is 0.465 e. The van der Waals surface area contributed by atoms with Crippen LogP contribution in [0.4, 0.5) is 0 Å². The number of hydrogen-bond donors (Lipinski definition) is 1. The minimum absolute atomic E-state index is 0.0139.